The van der Waals surface area contributed by atoms with Crippen molar-refractivity contribution in [1.29, 1.82) is 0 Å². The average Bonchev–Trinajstić information content (AvgIpc) is 2.29. The van der Waals surface area contributed by atoms with Crippen molar-refractivity contribution in [2.45, 2.75) is 18.9 Å². The van der Waals surface area contributed by atoms with E-state index < -0.39 is 0 Å². The van der Waals surface area contributed by atoms with E-state index >= 15 is 0 Å². The fourth-order valence-electron chi connectivity index (χ4n) is 1.58. The molecule has 1 fully saturated rings. The summed E-state index contributed by atoms with van der Waals surface area (Å²) in [5, 5.41) is 0. The van der Waals surface area contributed by atoms with E-state index in [-0.39, 0.29) is 24.4 Å². The number of alkyl halides is 1. The van der Waals surface area contributed by atoms with Crippen LogP contribution in [0.5, 0.6) is 0 Å². The van der Waals surface area contributed by atoms with Crippen LogP contribution in [0.3, 0.4) is 0 Å². The standard InChI is InChI=1S/C10H16ClNO4/c1-15-10(14)6-8-7-12(4-5-16-8)9(13)2-3-11/h8H,2-7H2,1H3. The van der Waals surface area contributed by atoms with Gasteiger partial charge in [-0.15, -0.1) is 11.6 Å². The van der Waals surface area contributed by atoms with Gasteiger partial charge in [-0.2, -0.15) is 0 Å². The highest BCUT2D eigenvalue weighted by Crippen LogP contribution is 2.10. The molecule has 6 heteroatoms. The summed E-state index contributed by atoms with van der Waals surface area (Å²) in [6, 6.07) is 0. The van der Waals surface area contributed by atoms with Gasteiger partial charge in [-0.25, -0.2) is 0 Å². The zero-order valence-corrected chi connectivity index (χ0v) is 10.0. The molecule has 0 aromatic heterocycles. The van der Waals surface area contributed by atoms with Gasteiger partial charge in [0, 0.05) is 25.4 Å². The molecule has 0 aliphatic carbocycles. The minimum atomic E-state index is -0.323. The number of rotatable bonds is 4. The molecular formula is C10H16ClNO4. The van der Waals surface area contributed by atoms with Crippen LogP contribution in [-0.4, -0.2) is 55.6 Å². The summed E-state index contributed by atoms with van der Waals surface area (Å²) in [6.07, 6.45) is 0.244. The summed E-state index contributed by atoms with van der Waals surface area (Å²) in [6.45, 7) is 1.45. The molecule has 1 atom stereocenters. The molecule has 0 aromatic rings. The number of carbonyl (C=O) groups is 2. The monoisotopic (exact) mass is 249 g/mol. The highest BCUT2D eigenvalue weighted by Gasteiger charge is 2.25. The molecule has 1 rings (SSSR count). The molecule has 1 amide bonds. The normalized spacial score (nSPS) is 20.6. The number of nitrogens with zero attached hydrogens (tertiary/aromatic N) is 1. The predicted molar refractivity (Wildman–Crippen MR) is 58.3 cm³/mol. The van der Waals surface area contributed by atoms with Gasteiger partial charge in [0.2, 0.25) is 5.91 Å². The van der Waals surface area contributed by atoms with Crippen LogP contribution in [0.4, 0.5) is 0 Å². The molecule has 0 aromatic carbocycles. The van der Waals surface area contributed by atoms with Crippen molar-refractivity contribution in [3.05, 3.63) is 0 Å². The number of hydrogen-bond donors (Lipinski definition) is 0. The second-order valence-corrected chi connectivity index (χ2v) is 3.93. The van der Waals surface area contributed by atoms with Crippen LogP contribution in [0.2, 0.25) is 0 Å². The maximum atomic E-state index is 11.6. The number of ether oxygens (including phenoxy) is 2. The van der Waals surface area contributed by atoms with E-state index in [4.69, 9.17) is 16.3 Å². The van der Waals surface area contributed by atoms with Crippen LogP contribution < -0.4 is 0 Å². The summed E-state index contributed by atoms with van der Waals surface area (Å²) in [5.74, 6) is 0.00233. The van der Waals surface area contributed by atoms with Crippen molar-refractivity contribution in [3.63, 3.8) is 0 Å². The molecule has 16 heavy (non-hydrogen) atoms. The zero-order chi connectivity index (χ0) is 12.0. The van der Waals surface area contributed by atoms with Gasteiger partial charge in [-0.3, -0.25) is 9.59 Å². The lowest BCUT2D eigenvalue weighted by molar-refractivity contribution is -0.149. The first-order valence-electron chi connectivity index (χ1n) is 5.19. The van der Waals surface area contributed by atoms with Crippen LogP contribution in [0.1, 0.15) is 12.8 Å². The van der Waals surface area contributed by atoms with E-state index in [0.717, 1.165) is 0 Å². The second-order valence-electron chi connectivity index (χ2n) is 3.55. The molecule has 92 valence electrons. The minimum Gasteiger partial charge on any atom is -0.469 e. The first-order valence-corrected chi connectivity index (χ1v) is 5.73. The zero-order valence-electron chi connectivity index (χ0n) is 9.28. The molecule has 1 unspecified atom stereocenters. The maximum Gasteiger partial charge on any atom is 0.308 e. The lowest BCUT2D eigenvalue weighted by Crippen LogP contribution is -2.46. The minimum absolute atomic E-state index is 0.00756. The number of amides is 1. The van der Waals surface area contributed by atoms with Crippen LogP contribution in [0.25, 0.3) is 0 Å². The van der Waals surface area contributed by atoms with E-state index in [1.54, 1.807) is 4.90 Å². The Hall–Kier alpha value is -0.810. The Morgan fingerprint density at radius 1 is 1.56 bits per heavy atom. The lowest BCUT2D eigenvalue weighted by atomic mass is 10.2. The summed E-state index contributed by atoms with van der Waals surface area (Å²) in [7, 11) is 1.33. The number of hydrogen-bond acceptors (Lipinski definition) is 4. The van der Waals surface area contributed by atoms with Crippen LogP contribution >= 0.6 is 11.6 Å². The fraction of sp³-hybridized carbons (Fsp3) is 0.800. The van der Waals surface area contributed by atoms with Gasteiger partial charge >= 0.3 is 5.97 Å². The molecule has 5 nitrogen and oxygen atoms in total. The van der Waals surface area contributed by atoms with Crippen LogP contribution in [0, 0.1) is 0 Å². The third-order valence-corrected chi connectivity index (χ3v) is 2.61. The number of halogens is 1. The third kappa shape index (κ3) is 3.98. The first kappa shape index (κ1) is 13.3. The highest BCUT2D eigenvalue weighted by molar-refractivity contribution is 6.18. The fourth-order valence-corrected chi connectivity index (χ4v) is 1.74. The topological polar surface area (TPSA) is 55.8 Å². The van der Waals surface area contributed by atoms with Crippen LogP contribution in [-0.2, 0) is 19.1 Å². The van der Waals surface area contributed by atoms with Crippen molar-refractivity contribution in [2.75, 3.05) is 32.7 Å². The Labute approximate surface area is 99.6 Å². The van der Waals surface area contributed by atoms with Crippen molar-refractivity contribution in [1.82, 2.24) is 4.90 Å². The van der Waals surface area contributed by atoms with Gasteiger partial charge in [-0.1, -0.05) is 0 Å². The summed E-state index contributed by atoms with van der Waals surface area (Å²) < 4.78 is 9.93. The van der Waals surface area contributed by atoms with Crippen LogP contribution in [0.15, 0.2) is 0 Å². The maximum absolute atomic E-state index is 11.6. The Kier molecular flexibility index (Phi) is 5.55. The smallest absolute Gasteiger partial charge is 0.308 e. The Bertz CT molecular complexity index is 259. The Morgan fingerprint density at radius 3 is 2.94 bits per heavy atom. The number of methoxy groups -OCH3 is 1. The molecule has 1 aliphatic rings. The van der Waals surface area contributed by atoms with Crippen molar-refractivity contribution >= 4 is 23.5 Å². The van der Waals surface area contributed by atoms with Crippen molar-refractivity contribution in [2.24, 2.45) is 0 Å². The molecular weight excluding hydrogens is 234 g/mol. The second kappa shape index (κ2) is 6.70. The summed E-state index contributed by atoms with van der Waals surface area (Å²) in [4.78, 5) is 24.3. The SMILES string of the molecule is COC(=O)CC1CN(C(=O)CCCl)CCO1. The molecule has 0 bridgehead atoms. The van der Waals surface area contributed by atoms with Gasteiger partial charge < -0.3 is 14.4 Å². The molecule has 0 N–H and O–H groups in total. The van der Waals surface area contributed by atoms with Gasteiger partial charge in [0.15, 0.2) is 0 Å². The summed E-state index contributed by atoms with van der Waals surface area (Å²) in [5.41, 5.74) is 0. The number of morpholine rings is 1. The first-order chi connectivity index (χ1) is 7.67. The predicted octanol–water partition coefficient (Wildman–Crippen LogP) is 0.406. The molecule has 1 saturated heterocycles. The molecule has 1 heterocycles. The van der Waals surface area contributed by atoms with Gasteiger partial charge in [-0.05, 0) is 0 Å². The average molecular weight is 250 g/mol. The molecule has 0 spiro atoms. The van der Waals surface area contributed by atoms with Gasteiger partial charge in [0.25, 0.3) is 0 Å². The number of carbonyl (C=O) groups excluding carboxylic acids is 2. The van der Waals surface area contributed by atoms with E-state index in [2.05, 4.69) is 4.74 Å². The molecule has 1 aliphatic heterocycles. The molecule has 0 radical (unpaired) electrons. The Balaban J connectivity index is 2.40. The van der Waals surface area contributed by atoms with E-state index in [9.17, 15) is 9.59 Å². The van der Waals surface area contributed by atoms with E-state index in [0.29, 0.717) is 32.0 Å². The quantitative estimate of drug-likeness (QED) is 0.535. The van der Waals surface area contributed by atoms with E-state index in [1.807, 2.05) is 0 Å². The van der Waals surface area contributed by atoms with Gasteiger partial charge in [0.1, 0.15) is 0 Å². The van der Waals surface area contributed by atoms with E-state index in [1.165, 1.54) is 7.11 Å². The number of esters is 1. The highest BCUT2D eigenvalue weighted by atomic mass is 35.5. The largest absolute Gasteiger partial charge is 0.469 e. The lowest BCUT2D eigenvalue weighted by Gasteiger charge is -2.32. The summed E-state index contributed by atoms with van der Waals surface area (Å²) >= 11 is 5.51. The van der Waals surface area contributed by atoms with Gasteiger partial charge in [0.05, 0.1) is 26.2 Å². The van der Waals surface area contributed by atoms with Crippen molar-refractivity contribution < 1.29 is 19.1 Å². The Morgan fingerprint density at radius 2 is 2.31 bits per heavy atom. The van der Waals surface area contributed by atoms with Crippen molar-refractivity contribution in [3.8, 4) is 0 Å². The third-order valence-electron chi connectivity index (χ3n) is 2.42. The molecule has 0 saturated carbocycles.